The van der Waals surface area contributed by atoms with Gasteiger partial charge >= 0.3 is 5.97 Å². The van der Waals surface area contributed by atoms with Crippen LogP contribution in [0, 0.1) is 5.82 Å². The van der Waals surface area contributed by atoms with Crippen LogP contribution in [0.3, 0.4) is 0 Å². The number of esters is 1. The van der Waals surface area contributed by atoms with Gasteiger partial charge in [-0.3, -0.25) is 0 Å². The number of carbonyl (C=O) groups excluding carboxylic acids is 1. The summed E-state index contributed by atoms with van der Waals surface area (Å²) in [5.41, 5.74) is 1.53. The molecule has 1 aromatic heterocycles. The van der Waals surface area contributed by atoms with Crippen LogP contribution in [0.25, 0.3) is 17.0 Å². The molecule has 0 bridgehead atoms. The molecule has 43 heavy (non-hydrogen) atoms. The fraction of sp³-hybridized carbons (Fsp3) is 0.371. The van der Waals surface area contributed by atoms with Crippen molar-refractivity contribution in [2.45, 2.75) is 76.7 Å². The lowest BCUT2D eigenvalue weighted by Gasteiger charge is -2.38. The molecule has 0 saturated carbocycles. The number of aromatic nitrogens is 2. The second-order valence-electron chi connectivity index (χ2n) is 12.1. The topological polar surface area (TPSA) is 73.6 Å². The second kappa shape index (κ2) is 12.6. The maximum atomic E-state index is 14.0. The highest BCUT2D eigenvalue weighted by Gasteiger charge is 2.41. The van der Waals surface area contributed by atoms with Gasteiger partial charge in [-0.15, -0.1) is 0 Å². The van der Waals surface area contributed by atoms with Crippen molar-refractivity contribution in [3.8, 4) is 0 Å². The average Bonchev–Trinajstić information content (AvgIpc) is 3.41. The van der Waals surface area contributed by atoms with Crippen molar-refractivity contribution < 1.29 is 23.8 Å². The summed E-state index contributed by atoms with van der Waals surface area (Å²) in [6.07, 6.45) is 8.32. The lowest BCUT2D eigenvalue weighted by atomic mass is 9.71. The molecular formula is C35H38ClFN2O4. The van der Waals surface area contributed by atoms with Crippen molar-refractivity contribution in [2.24, 2.45) is 0 Å². The fourth-order valence-corrected chi connectivity index (χ4v) is 6.18. The molecule has 1 unspecified atom stereocenters. The second-order valence-corrected chi connectivity index (χ2v) is 12.5. The zero-order chi connectivity index (χ0) is 30.8. The lowest BCUT2D eigenvalue weighted by molar-refractivity contribution is -0.148. The minimum absolute atomic E-state index is 0.112. The number of rotatable bonds is 8. The third kappa shape index (κ3) is 6.69. The summed E-state index contributed by atoms with van der Waals surface area (Å²) in [6, 6.07) is 17.5. The van der Waals surface area contributed by atoms with Gasteiger partial charge in [-0.25, -0.2) is 13.9 Å². The van der Waals surface area contributed by atoms with Gasteiger partial charge in [0.2, 0.25) is 0 Å². The molecule has 6 nitrogen and oxygen atoms in total. The summed E-state index contributed by atoms with van der Waals surface area (Å²) in [5.74, 6) is -1.37. The number of carbonyl (C=O) groups is 1. The maximum absolute atomic E-state index is 14.0. The molecule has 1 saturated heterocycles. The van der Waals surface area contributed by atoms with Gasteiger partial charge in [-0.2, -0.15) is 5.10 Å². The Morgan fingerprint density at radius 3 is 2.53 bits per heavy atom. The van der Waals surface area contributed by atoms with E-state index in [-0.39, 0.29) is 11.3 Å². The molecule has 2 heterocycles. The molecule has 5 rings (SSSR count). The van der Waals surface area contributed by atoms with E-state index in [1.165, 1.54) is 18.2 Å². The van der Waals surface area contributed by atoms with Crippen molar-refractivity contribution in [3.05, 3.63) is 106 Å². The van der Waals surface area contributed by atoms with Gasteiger partial charge in [0, 0.05) is 29.0 Å². The van der Waals surface area contributed by atoms with Crippen LogP contribution >= 0.6 is 11.6 Å². The molecule has 3 atom stereocenters. The molecule has 8 heteroatoms. The van der Waals surface area contributed by atoms with Crippen molar-refractivity contribution in [2.75, 3.05) is 6.61 Å². The molecule has 4 aromatic rings. The normalized spacial score (nSPS) is 18.1. The highest BCUT2D eigenvalue weighted by Crippen LogP contribution is 2.47. The number of hydrogen-bond donors (Lipinski definition) is 1. The van der Waals surface area contributed by atoms with Gasteiger partial charge in [0.05, 0.1) is 11.7 Å². The van der Waals surface area contributed by atoms with E-state index in [1.807, 2.05) is 74.8 Å². The Balaban J connectivity index is 1.57. The van der Waals surface area contributed by atoms with Crippen LogP contribution in [0.2, 0.25) is 5.02 Å². The SMILES string of the molecule is CC[C@H](c1ccc(F)cc1Cl)[C@](O)(c1ccc(/C=C/C(=O)OC(C)(C)C)cc1)c1ccc2c(cnn2C2CCCCO2)c1. The Morgan fingerprint density at radius 1 is 1.14 bits per heavy atom. The number of aliphatic hydroxyl groups is 1. The number of halogens is 2. The quantitative estimate of drug-likeness (QED) is 0.162. The smallest absolute Gasteiger partial charge is 0.331 e. The monoisotopic (exact) mass is 604 g/mol. The van der Waals surface area contributed by atoms with E-state index < -0.39 is 28.9 Å². The predicted molar refractivity (Wildman–Crippen MR) is 167 cm³/mol. The van der Waals surface area contributed by atoms with Gasteiger partial charge in [-0.1, -0.05) is 54.9 Å². The largest absolute Gasteiger partial charge is 0.457 e. The van der Waals surface area contributed by atoms with Crippen LogP contribution in [0.1, 0.15) is 87.8 Å². The first-order chi connectivity index (χ1) is 20.5. The van der Waals surface area contributed by atoms with E-state index in [1.54, 1.807) is 18.3 Å². The van der Waals surface area contributed by atoms with Crippen LogP contribution in [-0.4, -0.2) is 33.1 Å². The van der Waals surface area contributed by atoms with Crippen molar-refractivity contribution in [3.63, 3.8) is 0 Å². The number of hydrogen-bond acceptors (Lipinski definition) is 5. The van der Waals surface area contributed by atoms with E-state index in [0.29, 0.717) is 29.7 Å². The van der Waals surface area contributed by atoms with E-state index in [2.05, 4.69) is 5.10 Å². The van der Waals surface area contributed by atoms with Gasteiger partial charge in [0.25, 0.3) is 0 Å². The summed E-state index contributed by atoms with van der Waals surface area (Å²) in [5, 5.41) is 18.6. The van der Waals surface area contributed by atoms with E-state index in [0.717, 1.165) is 35.7 Å². The molecule has 1 aliphatic heterocycles. The number of ether oxygens (including phenoxy) is 2. The van der Waals surface area contributed by atoms with Crippen molar-refractivity contribution >= 4 is 34.5 Å². The number of benzene rings is 3. The Kier molecular flexibility index (Phi) is 9.07. The highest BCUT2D eigenvalue weighted by atomic mass is 35.5. The van der Waals surface area contributed by atoms with E-state index in [4.69, 9.17) is 21.1 Å². The molecule has 0 aliphatic carbocycles. The summed E-state index contributed by atoms with van der Waals surface area (Å²) in [7, 11) is 0. The van der Waals surface area contributed by atoms with Crippen LogP contribution in [0.15, 0.2) is 72.9 Å². The molecule has 0 spiro atoms. The lowest BCUT2D eigenvalue weighted by Crippen LogP contribution is -2.35. The number of fused-ring (bicyclic) bond motifs is 1. The van der Waals surface area contributed by atoms with Crippen LogP contribution in [-0.2, 0) is 19.9 Å². The zero-order valence-electron chi connectivity index (χ0n) is 25.0. The first-order valence-electron chi connectivity index (χ1n) is 14.8. The van der Waals surface area contributed by atoms with E-state index >= 15 is 0 Å². The Hall–Kier alpha value is -3.52. The van der Waals surface area contributed by atoms with Gasteiger partial charge in [0.15, 0.2) is 6.23 Å². The van der Waals surface area contributed by atoms with Gasteiger partial charge < -0.3 is 14.6 Å². The Morgan fingerprint density at radius 2 is 1.88 bits per heavy atom. The van der Waals surface area contributed by atoms with E-state index in [9.17, 15) is 14.3 Å². The minimum atomic E-state index is -1.53. The molecule has 1 fully saturated rings. The zero-order valence-corrected chi connectivity index (χ0v) is 25.8. The average molecular weight is 605 g/mol. The van der Waals surface area contributed by atoms with Crippen molar-refractivity contribution in [1.29, 1.82) is 0 Å². The summed E-state index contributed by atoms with van der Waals surface area (Å²) >= 11 is 6.58. The standard InChI is InChI=1S/C35H38ClFN2O4/c1-5-29(28-16-15-27(37)21-30(28)36)35(41,25-12-9-23(10-13-25)11-18-33(40)43-34(2,3)4)26-14-17-31-24(20-26)22-38-39(31)32-8-6-7-19-42-32/h9-18,20-22,29,32,41H,5-8,19H2,1-4H3/b18-11+/t29-,32?,35+/m1/s1. The summed E-state index contributed by atoms with van der Waals surface area (Å²) in [6.45, 7) is 8.14. The summed E-state index contributed by atoms with van der Waals surface area (Å²) in [4.78, 5) is 12.2. The molecule has 1 N–H and O–H groups in total. The third-order valence-corrected chi connectivity index (χ3v) is 8.21. The molecule has 3 aromatic carbocycles. The first kappa shape index (κ1) is 30.9. The van der Waals surface area contributed by atoms with Gasteiger partial charge in [-0.05, 0) is 99.0 Å². The predicted octanol–water partition coefficient (Wildman–Crippen LogP) is 8.31. The minimum Gasteiger partial charge on any atom is -0.457 e. The molecular weight excluding hydrogens is 567 g/mol. The molecule has 1 aliphatic rings. The fourth-order valence-electron chi connectivity index (χ4n) is 5.88. The van der Waals surface area contributed by atoms with Gasteiger partial charge in [0.1, 0.15) is 17.0 Å². The molecule has 226 valence electrons. The van der Waals surface area contributed by atoms with Crippen molar-refractivity contribution in [1.82, 2.24) is 9.78 Å². The number of nitrogens with zero attached hydrogens (tertiary/aromatic N) is 2. The van der Waals surface area contributed by atoms with Crippen LogP contribution in [0.4, 0.5) is 4.39 Å². The first-order valence-corrected chi connectivity index (χ1v) is 15.2. The summed E-state index contributed by atoms with van der Waals surface area (Å²) < 4.78 is 27.3. The van der Waals surface area contributed by atoms with Crippen LogP contribution < -0.4 is 0 Å². The third-order valence-electron chi connectivity index (χ3n) is 7.88. The van der Waals surface area contributed by atoms with Crippen LogP contribution in [0.5, 0.6) is 0 Å². The Bertz CT molecular complexity index is 1620. The highest BCUT2D eigenvalue weighted by molar-refractivity contribution is 6.31. The maximum Gasteiger partial charge on any atom is 0.331 e. The Labute approximate surface area is 257 Å². The molecule has 0 radical (unpaired) electrons. The molecule has 0 amide bonds.